The Bertz CT molecular complexity index is 1120. The van der Waals surface area contributed by atoms with E-state index in [1.54, 1.807) is 0 Å². The molecular formula is C23H22F9IN3O+. The third-order valence-electron chi connectivity index (χ3n) is 6.15. The number of carbonyl (C=O) groups excluding carboxylic acids is 1. The summed E-state index contributed by atoms with van der Waals surface area (Å²) in [6.07, 6.45) is -9.84. The van der Waals surface area contributed by atoms with Gasteiger partial charge in [-0.15, -0.1) is 0 Å². The van der Waals surface area contributed by atoms with Gasteiger partial charge in [0.25, 0.3) is 0 Å². The molecule has 2 aromatic carbocycles. The van der Waals surface area contributed by atoms with E-state index in [9.17, 15) is 44.3 Å². The van der Waals surface area contributed by atoms with Crippen molar-refractivity contribution in [2.75, 3.05) is 26.7 Å². The molecule has 0 aromatic heterocycles. The summed E-state index contributed by atoms with van der Waals surface area (Å²) in [7, 11) is 1.21. The molecule has 1 saturated heterocycles. The van der Waals surface area contributed by atoms with Crippen LogP contribution in [0, 0.1) is 5.82 Å². The van der Waals surface area contributed by atoms with E-state index in [1.165, 1.54) is 14.0 Å². The molecule has 2 amide bonds. The molecule has 0 bridgehead atoms. The molecule has 0 saturated carbocycles. The molecule has 2 atom stereocenters. The molecule has 2 aromatic rings. The molecule has 3 rings (SSSR count). The predicted molar refractivity (Wildman–Crippen MR) is 112 cm³/mol. The maximum Gasteiger partial charge on any atom is 0.464 e. The van der Waals surface area contributed by atoms with Gasteiger partial charge in [-0.2, -0.15) is 35.1 Å². The lowest BCUT2D eigenvalue weighted by molar-refractivity contribution is -0.583. The fraction of sp³-hybridized carbons (Fsp3) is 0.435. The van der Waals surface area contributed by atoms with Gasteiger partial charge in [0.2, 0.25) is 0 Å². The maximum atomic E-state index is 13.9. The highest BCUT2D eigenvalue weighted by atomic mass is 127. The second-order valence-corrected chi connectivity index (χ2v) is 10.0. The van der Waals surface area contributed by atoms with Gasteiger partial charge >= 0.3 is 44.9 Å². The lowest BCUT2D eigenvalue weighted by atomic mass is 9.96. The zero-order chi connectivity index (χ0) is 27.9. The highest BCUT2D eigenvalue weighted by Crippen LogP contribution is 2.39. The van der Waals surface area contributed by atoms with Gasteiger partial charge < -0.3 is 15.1 Å². The number of nitrogens with one attached hydrogen (secondary N) is 1. The molecule has 1 fully saturated rings. The number of hydrogen-bond acceptors (Lipinski definition) is 2. The van der Waals surface area contributed by atoms with Gasteiger partial charge in [-0.25, -0.2) is 9.18 Å². The van der Waals surface area contributed by atoms with E-state index in [2.05, 4.69) is 5.32 Å². The summed E-state index contributed by atoms with van der Waals surface area (Å²) >= 11 is 0.357. The number of benzene rings is 2. The summed E-state index contributed by atoms with van der Waals surface area (Å²) in [5.74, 6) is -1.11. The zero-order valence-corrected chi connectivity index (χ0v) is 21.7. The van der Waals surface area contributed by atoms with Gasteiger partial charge in [0.05, 0.1) is 28.8 Å². The minimum Gasteiger partial charge on any atom is -0.321 e. The van der Waals surface area contributed by atoms with Gasteiger partial charge in [-0.3, -0.25) is 0 Å². The number of alkyl halides is 9. The van der Waals surface area contributed by atoms with Crippen molar-refractivity contribution in [3.8, 4) is 0 Å². The average Bonchev–Trinajstić information content (AvgIpc) is 2.80. The number of amides is 2. The molecule has 0 radical (unpaired) electrons. The number of rotatable bonds is 4. The standard InChI is InChI=1S/C23H22F9IN3O/c1-12(13-7-14(21(25,26)27)9-15(8-13)23(31,32)33)35(2)20(37)36-6-5-34-11-19(36)17-4-3-16(24)10-18(17)22(28,29)30/h3-4,7-10,12,19,33-34H,5-6,11H2,1-2H3/q+1/t12-,19-/m1/s1. The summed E-state index contributed by atoms with van der Waals surface area (Å²) in [4.78, 5) is 15.5. The minimum absolute atomic E-state index is 0.0590. The third-order valence-corrected chi connectivity index (χ3v) is 6.83. The molecule has 1 heterocycles. The zero-order valence-electron chi connectivity index (χ0n) is 19.4. The lowest BCUT2D eigenvalue weighted by Gasteiger charge is -2.41. The summed E-state index contributed by atoms with van der Waals surface area (Å²) in [6.45, 7) is 1.38. The monoisotopic (exact) mass is 654 g/mol. The first-order chi connectivity index (χ1) is 16.9. The summed E-state index contributed by atoms with van der Waals surface area (Å²) in [6, 6.07) is 0.790. The Morgan fingerprint density at radius 3 is 2.22 bits per heavy atom. The predicted octanol–water partition coefficient (Wildman–Crippen LogP) is 2.96. The Morgan fingerprint density at radius 2 is 1.65 bits per heavy atom. The number of piperazine rings is 1. The van der Waals surface area contributed by atoms with Crippen LogP contribution >= 0.6 is 0 Å². The van der Waals surface area contributed by atoms with E-state index in [0.717, 1.165) is 28.0 Å². The molecule has 204 valence electrons. The molecular weight excluding hydrogens is 632 g/mol. The SMILES string of the molecule is C[C@H](c1cc(C(F)(F)F)cc(C(F)(F)[IH+])c1)N(C)C(=O)N1CCNC[C@@H]1c1ccc(F)cc1C(F)(F)F. The number of carbonyl (C=O) groups is 1. The first-order valence-electron chi connectivity index (χ1n) is 10.8. The molecule has 0 aliphatic carbocycles. The highest BCUT2D eigenvalue weighted by Gasteiger charge is 2.43. The Hall–Kier alpha value is -2.23. The summed E-state index contributed by atoms with van der Waals surface area (Å²) in [5, 5.41) is 2.88. The van der Waals surface area contributed by atoms with Crippen LogP contribution in [0.2, 0.25) is 0 Å². The smallest absolute Gasteiger partial charge is 0.321 e. The van der Waals surface area contributed by atoms with Gasteiger partial charge in [0, 0.05) is 26.7 Å². The fourth-order valence-electron chi connectivity index (χ4n) is 4.09. The van der Waals surface area contributed by atoms with Gasteiger partial charge in [0.1, 0.15) is 5.82 Å². The van der Waals surface area contributed by atoms with E-state index >= 15 is 0 Å². The number of hydrogen-bond donors (Lipinski definition) is 1. The number of nitrogens with zero attached hydrogens (tertiary/aromatic N) is 2. The van der Waals surface area contributed by atoms with Gasteiger partial charge in [0.15, 0.2) is 0 Å². The average molecular weight is 654 g/mol. The van der Waals surface area contributed by atoms with Crippen molar-refractivity contribution in [2.24, 2.45) is 0 Å². The second-order valence-electron chi connectivity index (χ2n) is 8.57. The summed E-state index contributed by atoms with van der Waals surface area (Å²) < 4.78 is 119. The lowest BCUT2D eigenvalue weighted by Crippen LogP contribution is -3.40. The fourth-order valence-corrected chi connectivity index (χ4v) is 4.43. The Morgan fingerprint density at radius 1 is 1.03 bits per heavy atom. The topological polar surface area (TPSA) is 35.6 Å². The first-order valence-corrected chi connectivity index (χ1v) is 12.0. The van der Waals surface area contributed by atoms with Crippen molar-refractivity contribution in [1.29, 1.82) is 0 Å². The maximum absolute atomic E-state index is 13.9. The van der Waals surface area contributed by atoms with E-state index in [-0.39, 0.29) is 30.8 Å². The van der Waals surface area contributed by atoms with Crippen molar-refractivity contribution in [3.63, 3.8) is 0 Å². The molecule has 0 spiro atoms. The van der Waals surface area contributed by atoms with E-state index in [1.807, 2.05) is 0 Å². The van der Waals surface area contributed by atoms with Crippen LogP contribution < -0.4 is 27.9 Å². The van der Waals surface area contributed by atoms with E-state index < -0.39 is 56.9 Å². The van der Waals surface area contributed by atoms with Crippen molar-refractivity contribution in [3.05, 3.63) is 70.0 Å². The quantitative estimate of drug-likeness (QED) is 0.313. The highest BCUT2D eigenvalue weighted by molar-refractivity contribution is 5.75. The molecule has 14 heteroatoms. The van der Waals surface area contributed by atoms with Crippen LogP contribution in [0.25, 0.3) is 0 Å². The van der Waals surface area contributed by atoms with Crippen LogP contribution in [0.3, 0.4) is 0 Å². The first kappa shape index (κ1) is 29.3. The van der Waals surface area contributed by atoms with Gasteiger partial charge in [-0.05, 0) is 48.4 Å². The van der Waals surface area contributed by atoms with Crippen LogP contribution in [0.5, 0.6) is 0 Å². The Labute approximate surface area is 219 Å². The van der Waals surface area contributed by atoms with Crippen LogP contribution in [0.15, 0.2) is 36.4 Å². The molecule has 0 unspecified atom stereocenters. The van der Waals surface area contributed by atoms with Crippen LogP contribution in [-0.4, -0.2) is 42.5 Å². The van der Waals surface area contributed by atoms with Crippen molar-refractivity contribution in [2.45, 2.75) is 35.3 Å². The minimum atomic E-state index is -4.93. The normalized spacial score (nSPS) is 18.1. The summed E-state index contributed by atoms with van der Waals surface area (Å²) in [5.41, 5.74) is -4.06. The Balaban J connectivity index is 1.99. The van der Waals surface area contributed by atoms with Crippen LogP contribution in [0.4, 0.5) is 44.3 Å². The van der Waals surface area contributed by atoms with Crippen LogP contribution in [0.1, 0.15) is 46.8 Å². The number of urea groups is 1. The van der Waals surface area contributed by atoms with Gasteiger partial charge in [-0.1, -0.05) is 6.07 Å². The molecule has 1 aliphatic rings. The van der Waals surface area contributed by atoms with Crippen LogP contribution in [-0.2, 0) is 16.3 Å². The largest absolute Gasteiger partial charge is 0.464 e. The third kappa shape index (κ3) is 6.62. The number of halogens is 10. The molecule has 1 aliphatic heterocycles. The van der Waals surface area contributed by atoms with Crippen molar-refractivity contribution < 1.29 is 66.9 Å². The van der Waals surface area contributed by atoms with Crippen molar-refractivity contribution in [1.82, 2.24) is 15.1 Å². The van der Waals surface area contributed by atoms with E-state index in [4.69, 9.17) is 0 Å². The molecule has 37 heavy (non-hydrogen) atoms. The Kier molecular flexibility index (Phi) is 8.32. The molecule has 4 nitrogen and oxygen atoms in total. The van der Waals surface area contributed by atoms with E-state index in [0.29, 0.717) is 40.8 Å². The van der Waals surface area contributed by atoms with Crippen molar-refractivity contribution >= 4 is 6.03 Å². The second kappa shape index (κ2) is 10.5. The molecule has 1 N–H and O–H groups in total.